The minimum Gasteiger partial charge on any atom is -0.508 e. The van der Waals surface area contributed by atoms with E-state index in [1.807, 2.05) is 36.6 Å². The minimum atomic E-state index is -1.43. The maximum Gasteiger partial charge on any atom is 0.408 e. The third kappa shape index (κ3) is 12.0. The molecule has 0 aliphatic heterocycles. The Morgan fingerprint density at radius 2 is 1.58 bits per heavy atom. The predicted molar refractivity (Wildman–Crippen MR) is 175 cm³/mol. The van der Waals surface area contributed by atoms with Crippen LogP contribution < -0.4 is 10.6 Å². The second kappa shape index (κ2) is 16.2. The van der Waals surface area contributed by atoms with Crippen LogP contribution in [0.25, 0.3) is 0 Å². The number of nitrogens with one attached hydrogen (secondary N) is 2. The number of esters is 1. The zero-order valence-corrected chi connectivity index (χ0v) is 28.1. The van der Waals surface area contributed by atoms with Crippen LogP contribution in [0.15, 0.2) is 48.5 Å². The number of aromatic hydroxyl groups is 1. The molecule has 0 fully saturated rings. The van der Waals surface area contributed by atoms with Crippen LogP contribution in [0.2, 0.25) is 0 Å². The highest BCUT2D eigenvalue weighted by molar-refractivity contribution is 7.98. The number of phenolic OH excluding ortho intramolecular Hbond substituents is 1. The van der Waals surface area contributed by atoms with Gasteiger partial charge in [0, 0.05) is 12.5 Å². The zero-order chi connectivity index (χ0) is 33.9. The number of amides is 3. The summed E-state index contributed by atoms with van der Waals surface area (Å²) in [5, 5.41) is 15.6. The van der Waals surface area contributed by atoms with Gasteiger partial charge >= 0.3 is 12.1 Å². The van der Waals surface area contributed by atoms with E-state index in [0.717, 1.165) is 10.5 Å². The van der Waals surface area contributed by atoms with Crippen molar-refractivity contribution in [3.63, 3.8) is 0 Å². The monoisotopic (exact) mass is 639 g/mol. The van der Waals surface area contributed by atoms with E-state index < -0.39 is 53.2 Å². The number of rotatable bonds is 12. The van der Waals surface area contributed by atoms with Gasteiger partial charge in [0.15, 0.2) is 0 Å². The average Bonchev–Trinajstić information content (AvgIpc) is 2.93. The van der Waals surface area contributed by atoms with Crippen molar-refractivity contribution in [2.45, 2.75) is 90.6 Å². The number of alkyl carbamates (subject to hydrolysis) is 1. The van der Waals surface area contributed by atoms with Crippen LogP contribution in [0.3, 0.4) is 0 Å². The fraction of sp³-hybridized carbons (Fsp3) is 0.471. The van der Waals surface area contributed by atoms with Gasteiger partial charge in [0.1, 0.15) is 35.1 Å². The van der Waals surface area contributed by atoms with Crippen LogP contribution >= 0.6 is 11.8 Å². The number of aryl methyl sites for hydroxylation is 1. The Bertz CT molecular complexity index is 1380. The molecule has 0 saturated carbocycles. The quantitative estimate of drug-likeness (QED) is 0.170. The van der Waals surface area contributed by atoms with E-state index in [2.05, 4.69) is 16.7 Å². The third-order valence-electron chi connectivity index (χ3n) is 6.31. The van der Waals surface area contributed by atoms with Gasteiger partial charge < -0.3 is 25.2 Å². The van der Waals surface area contributed by atoms with Crippen LogP contribution in [0.1, 0.15) is 70.7 Å². The highest BCUT2D eigenvalue weighted by atomic mass is 32.2. The summed E-state index contributed by atoms with van der Waals surface area (Å²) in [4.78, 5) is 55.1. The van der Waals surface area contributed by atoms with Gasteiger partial charge in [0.05, 0.1) is 0 Å². The molecular weight excluding hydrogens is 594 g/mol. The van der Waals surface area contributed by atoms with Crippen LogP contribution in [0.5, 0.6) is 5.75 Å². The van der Waals surface area contributed by atoms with Gasteiger partial charge in [0.2, 0.25) is 5.91 Å². The standard InChI is InChI=1S/C34H45N3O7S/c1-10-37(30(40)25(18-19-45-9)36-32(42)44-34(6,7)8)28(24-16-17-27(38)22(2)20-24)29(39)35-26(31(41)43-33(3,4)5)21-23-14-12-11-13-15-23/h1,11-17,20,25-26,28,38H,18-19,21H2,2-9H3,(H,35,39)(H,36,42). The Morgan fingerprint density at radius 3 is 2.11 bits per heavy atom. The summed E-state index contributed by atoms with van der Waals surface area (Å²) < 4.78 is 11.0. The van der Waals surface area contributed by atoms with Crippen LogP contribution in [0.4, 0.5) is 4.79 Å². The molecule has 45 heavy (non-hydrogen) atoms. The lowest BCUT2D eigenvalue weighted by atomic mass is 9.99. The predicted octanol–water partition coefficient (Wildman–Crippen LogP) is 4.88. The molecule has 0 aliphatic carbocycles. The first kappa shape index (κ1) is 37.0. The summed E-state index contributed by atoms with van der Waals surface area (Å²) in [6.45, 7) is 11.9. The van der Waals surface area contributed by atoms with Crippen molar-refractivity contribution in [3.05, 3.63) is 65.2 Å². The molecular formula is C34H45N3O7S. The van der Waals surface area contributed by atoms with Crippen LogP contribution in [0, 0.1) is 19.4 Å². The van der Waals surface area contributed by atoms with Gasteiger partial charge in [-0.25, -0.2) is 9.59 Å². The Labute approximate surface area is 270 Å². The highest BCUT2D eigenvalue weighted by Gasteiger charge is 2.38. The Hall–Kier alpha value is -4.17. The molecule has 3 amide bonds. The third-order valence-corrected chi connectivity index (χ3v) is 6.95. The van der Waals surface area contributed by atoms with Crippen LogP contribution in [-0.2, 0) is 30.3 Å². The number of nitrogens with zero attached hydrogens (tertiary/aromatic N) is 1. The normalized spacial score (nSPS) is 13.4. The molecule has 2 aromatic rings. The summed E-state index contributed by atoms with van der Waals surface area (Å²) in [6, 6.07) is 12.2. The maximum atomic E-state index is 14.2. The number of hydrogen-bond donors (Lipinski definition) is 3. The first-order chi connectivity index (χ1) is 21.0. The molecule has 0 heterocycles. The smallest absolute Gasteiger partial charge is 0.408 e. The van der Waals surface area contributed by atoms with E-state index in [9.17, 15) is 24.3 Å². The van der Waals surface area contributed by atoms with Gasteiger partial charge in [-0.15, -0.1) is 0 Å². The highest BCUT2D eigenvalue weighted by Crippen LogP contribution is 2.27. The largest absolute Gasteiger partial charge is 0.508 e. The molecule has 3 atom stereocenters. The lowest BCUT2D eigenvalue weighted by molar-refractivity contribution is -0.159. The molecule has 244 valence electrons. The molecule has 0 bridgehead atoms. The molecule has 0 saturated heterocycles. The number of hydrogen-bond acceptors (Lipinski definition) is 8. The van der Waals surface area contributed by atoms with Gasteiger partial charge in [-0.3, -0.25) is 14.5 Å². The van der Waals surface area contributed by atoms with Crippen molar-refractivity contribution in [1.82, 2.24) is 15.5 Å². The fourth-order valence-corrected chi connectivity index (χ4v) is 4.78. The van der Waals surface area contributed by atoms with Crippen LogP contribution in [-0.4, -0.2) is 69.2 Å². The summed E-state index contributed by atoms with van der Waals surface area (Å²) in [5.74, 6) is -1.66. The number of carbonyl (C=O) groups is 4. The molecule has 0 aromatic heterocycles. The van der Waals surface area contributed by atoms with Crippen molar-refractivity contribution in [2.75, 3.05) is 12.0 Å². The molecule has 0 radical (unpaired) electrons. The SMILES string of the molecule is C#CN(C(=O)C(CCSC)NC(=O)OC(C)(C)C)C(C(=O)NC(Cc1ccccc1)C(=O)OC(C)(C)C)c1ccc(O)c(C)c1. The first-order valence-electron chi connectivity index (χ1n) is 14.6. The number of benzene rings is 2. The topological polar surface area (TPSA) is 134 Å². The van der Waals surface area contributed by atoms with E-state index in [4.69, 9.17) is 15.9 Å². The van der Waals surface area contributed by atoms with Gasteiger partial charge in [-0.05, 0) is 95.7 Å². The number of ether oxygens (including phenoxy) is 2. The van der Waals surface area contributed by atoms with E-state index >= 15 is 0 Å². The molecule has 0 spiro atoms. The van der Waals surface area contributed by atoms with Gasteiger partial charge in [0.25, 0.3) is 5.91 Å². The second-order valence-corrected chi connectivity index (χ2v) is 13.5. The summed E-state index contributed by atoms with van der Waals surface area (Å²) >= 11 is 1.47. The lowest BCUT2D eigenvalue weighted by Gasteiger charge is -2.32. The number of terminal acetylenes is 1. The van der Waals surface area contributed by atoms with Gasteiger partial charge in [-0.1, -0.05) is 42.8 Å². The van der Waals surface area contributed by atoms with Crippen molar-refractivity contribution >= 4 is 35.6 Å². The number of phenols is 1. The molecule has 2 rings (SSSR count). The Balaban J connectivity index is 2.56. The molecule has 3 N–H and O–H groups in total. The van der Waals surface area contributed by atoms with E-state index in [1.165, 1.54) is 30.0 Å². The van der Waals surface area contributed by atoms with Crippen molar-refractivity contribution < 1.29 is 33.8 Å². The zero-order valence-electron chi connectivity index (χ0n) is 27.3. The van der Waals surface area contributed by atoms with E-state index in [0.29, 0.717) is 11.3 Å². The molecule has 2 aromatic carbocycles. The van der Waals surface area contributed by atoms with Crippen molar-refractivity contribution in [1.29, 1.82) is 0 Å². The molecule has 0 aliphatic rings. The molecule has 10 nitrogen and oxygen atoms in total. The Morgan fingerprint density at radius 1 is 0.956 bits per heavy atom. The van der Waals surface area contributed by atoms with E-state index in [1.54, 1.807) is 48.5 Å². The van der Waals surface area contributed by atoms with E-state index in [-0.39, 0.29) is 24.2 Å². The number of thioether (sulfide) groups is 1. The summed E-state index contributed by atoms with van der Waals surface area (Å²) in [6.07, 6.45) is 7.26. The Kier molecular flexibility index (Phi) is 13.4. The van der Waals surface area contributed by atoms with Crippen molar-refractivity contribution in [3.8, 4) is 18.2 Å². The molecule has 3 unspecified atom stereocenters. The maximum absolute atomic E-state index is 14.2. The number of carbonyl (C=O) groups excluding carboxylic acids is 4. The lowest BCUT2D eigenvalue weighted by Crippen LogP contribution is -2.53. The molecule has 11 heteroatoms. The first-order valence-corrected chi connectivity index (χ1v) is 16.0. The minimum absolute atomic E-state index is 0.0170. The summed E-state index contributed by atoms with van der Waals surface area (Å²) in [7, 11) is 0. The average molecular weight is 640 g/mol. The van der Waals surface area contributed by atoms with Crippen molar-refractivity contribution in [2.24, 2.45) is 0 Å². The van der Waals surface area contributed by atoms with Gasteiger partial charge in [-0.2, -0.15) is 11.8 Å². The fourth-order valence-electron chi connectivity index (χ4n) is 4.31. The second-order valence-electron chi connectivity index (χ2n) is 12.6. The summed E-state index contributed by atoms with van der Waals surface area (Å²) in [5.41, 5.74) is -0.145.